The lowest BCUT2D eigenvalue weighted by Crippen LogP contribution is -2.41. The second-order valence-corrected chi connectivity index (χ2v) is 6.45. The molecule has 0 saturated carbocycles. The Morgan fingerprint density at radius 1 is 1.08 bits per heavy atom. The second kappa shape index (κ2) is 6.83. The summed E-state index contributed by atoms with van der Waals surface area (Å²) >= 11 is 0. The van der Waals surface area contributed by atoms with E-state index in [0.29, 0.717) is 6.04 Å². The minimum Gasteiger partial charge on any atom is -0.497 e. The van der Waals surface area contributed by atoms with Crippen molar-refractivity contribution < 1.29 is 14.6 Å². The number of methoxy groups -OCH3 is 2. The number of aliphatic hydroxyl groups is 1. The zero-order chi connectivity index (χ0) is 17.3. The van der Waals surface area contributed by atoms with Crippen LogP contribution in [0.4, 0.5) is 0 Å². The number of ether oxygens (including phenoxy) is 2. The van der Waals surface area contributed by atoms with Crippen LogP contribution in [0.15, 0.2) is 42.5 Å². The Kier molecular flexibility index (Phi) is 4.78. The van der Waals surface area contributed by atoms with Crippen LogP contribution in [0.25, 0.3) is 0 Å². The van der Waals surface area contributed by atoms with Gasteiger partial charge in [-0.15, -0.1) is 0 Å². The van der Waals surface area contributed by atoms with Gasteiger partial charge in [0.05, 0.1) is 26.4 Å². The number of aliphatic hydroxyl groups excluding tert-OH is 1. The van der Waals surface area contributed by atoms with E-state index < -0.39 is 6.10 Å². The first-order valence-electron chi connectivity index (χ1n) is 8.26. The lowest BCUT2D eigenvalue weighted by atomic mass is 9.84. The van der Waals surface area contributed by atoms with E-state index >= 15 is 0 Å². The third-order valence-electron chi connectivity index (χ3n) is 5.05. The van der Waals surface area contributed by atoms with E-state index in [-0.39, 0.29) is 6.04 Å². The van der Waals surface area contributed by atoms with Gasteiger partial charge in [-0.05, 0) is 61.3 Å². The zero-order valence-corrected chi connectivity index (χ0v) is 14.7. The highest BCUT2D eigenvalue weighted by molar-refractivity contribution is 5.42. The topological polar surface area (TPSA) is 41.9 Å². The highest BCUT2D eigenvalue weighted by Gasteiger charge is 2.35. The van der Waals surface area contributed by atoms with E-state index in [9.17, 15) is 5.11 Å². The second-order valence-electron chi connectivity index (χ2n) is 6.45. The van der Waals surface area contributed by atoms with Crippen molar-refractivity contribution in [3.63, 3.8) is 0 Å². The van der Waals surface area contributed by atoms with Crippen molar-refractivity contribution in [1.82, 2.24) is 4.90 Å². The molecule has 1 heterocycles. The summed E-state index contributed by atoms with van der Waals surface area (Å²) in [5, 5.41) is 11.1. The molecule has 0 radical (unpaired) electrons. The summed E-state index contributed by atoms with van der Waals surface area (Å²) in [5.74, 6) is 1.62. The molecule has 2 aromatic rings. The van der Waals surface area contributed by atoms with Gasteiger partial charge in [-0.3, -0.25) is 4.90 Å². The van der Waals surface area contributed by atoms with Gasteiger partial charge in [0.2, 0.25) is 0 Å². The molecule has 0 bridgehead atoms. The maximum absolute atomic E-state index is 11.1. The summed E-state index contributed by atoms with van der Waals surface area (Å²) in [5.41, 5.74) is 3.26. The molecule has 1 aliphatic rings. The summed E-state index contributed by atoms with van der Waals surface area (Å²) in [6.07, 6.45) is 0.324. The zero-order valence-electron chi connectivity index (χ0n) is 14.7. The molecule has 24 heavy (non-hydrogen) atoms. The normalized spacial score (nSPS) is 21.9. The lowest BCUT2D eigenvalue weighted by Gasteiger charge is -2.42. The third-order valence-corrected chi connectivity index (χ3v) is 5.05. The minimum atomic E-state index is -0.625. The van der Waals surface area contributed by atoms with Crippen LogP contribution < -0.4 is 9.47 Å². The number of hydrogen-bond acceptors (Lipinski definition) is 4. The Labute approximate surface area is 143 Å². The van der Waals surface area contributed by atoms with Crippen molar-refractivity contribution in [3.8, 4) is 11.5 Å². The van der Waals surface area contributed by atoms with Gasteiger partial charge in [-0.1, -0.05) is 18.2 Å². The predicted octanol–water partition coefficient (Wildman–Crippen LogP) is 3.35. The first-order valence-corrected chi connectivity index (χ1v) is 8.26. The van der Waals surface area contributed by atoms with Crippen LogP contribution in [0.3, 0.4) is 0 Å². The van der Waals surface area contributed by atoms with E-state index in [2.05, 4.69) is 31.0 Å². The van der Waals surface area contributed by atoms with E-state index in [4.69, 9.17) is 9.47 Å². The maximum Gasteiger partial charge on any atom is 0.119 e. The molecule has 0 aliphatic carbocycles. The molecule has 4 nitrogen and oxygen atoms in total. The molecule has 0 spiro atoms. The van der Waals surface area contributed by atoms with Crippen molar-refractivity contribution in [2.45, 2.75) is 31.5 Å². The van der Waals surface area contributed by atoms with Crippen LogP contribution in [0, 0.1) is 0 Å². The van der Waals surface area contributed by atoms with Crippen LogP contribution in [-0.2, 0) is 6.42 Å². The van der Waals surface area contributed by atoms with Gasteiger partial charge in [-0.2, -0.15) is 0 Å². The third kappa shape index (κ3) is 2.99. The van der Waals surface area contributed by atoms with Crippen molar-refractivity contribution >= 4 is 0 Å². The highest BCUT2D eigenvalue weighted by atomic mass is 16.5. The van der Waals surface area contributed by atoms with Crippen molar-refractivity contribution in [2.24, 2.45) is 0 Å². The summed E-state index contributed by atoms with van der Waals surface area (Å²) < 4.78 is 10.7. The van der Waals surface area contributed by atoms with Crippen LogP contribution in [-0.4, -0.2) is 37.3 Å². The van der Waals surface area contributed by atoms with Crippen molar-refractivity contribution in [3.05, 3.63) is 59.2 Å². The summed E-state index contributed by atoms with van der Waals surface area (Å²) in [6, 6.07) is 14.0. The number of fused-ring (bicyclic) bond motifs is 1. The molecular formula is C20H25NO3. The van der Waals surface area contributed by atoms with Gasteiger partial charge >= 0.3 is 0 Å². The van der Waals surface area contributed by atoms with Crippen LogP contribution in [0.2, 0.25) is 0 Å². The highest BCUT2D eigenvalue weighted by Crippen LogP contribution is 2.41. The Bertz CT molecular complexity index is 716. The summed E-state index contributed by atoms with van der Waals surface area (Å²) in [7, 11) is 5.40. The fourth-order valence-electron chi connectivity index (χ4n) is 3.53. The van der Waals surface area contributed by atoms with Gasteiger partial charge in [-0.25, -0.2) is 0 Å². The van der Waals surface area contributed by atoms with Gasteiger partial charge in [0.1, 0.15) is 11.5 Å². The van der Waals surface area contributed by atoms with Crippen LogP contribution >= 0.6 is 0 Å². The van der Waals surface area contributed by atoms with Gasteiger partial charge in [0.25, 0.3) is 0 Å². The molecule has 3 atom stereocenters. The largest absolute Gasteiger partial charge is 0.497 e. The molecule has 0 fully saturated rings. The molecule has 0 saturated heterocycles. The average Bonchev–Trinajstić information content (AvgIpc) is 2.62. The van der Waals surface area contributed by atoms with Crippen molar-refractivity contribution in [2.75, 3.05) is 21.3 Å². The molecule has 1 N–H and O–H groups in total. The predicted molar refractivity (Wildman–Crippen MR) is 94.6 cm³/mol. The quantitative estimate of drug-likeness (QED) is 0.935. The van der Waals surface area contributed by atoms with E-state index in [1.54, 1.807) is 14.2 Å². The van der Waals surface area contributed by atoms with Crippen LogP contribution in [0.5, 0.6) is 11.5 Å². The molecule has 0 amide bonds. The number of rotatable bonds is 4. The minimum absolute atomic E-state index is 0.0956. The first kappa shape index (κ1) is 16.8. The van der Waals surface area contributed by atoms with Crippen LogP contribution in [0.1, 0.15) is 35.8 Å². The molecular weight excluding hydrogens is 302 g/mol. The smallest absolute Gasteiger partial charge is 0.119 e. The Morgan fingerprint density at radius 3 is 2.50 bits per heavy atom. The van der Waals surface area contributed by atoms with E-state index in [1.807, 2.05) is 30.3 Å². The Hall–Kier alpha value is -2.04. The van der Waals surface area contributed by atoms with Gasteiger partial charge in [0, 0.05) is 6.04 Å². The first-order chi connectivity index (χ1) is 11.5. The molecule has 2 aromatic carbocycles. The number of benzene rings is 2. The monoisotopic (exact) mass is 327 g/mol. The van der Waals surface area contributed by atoms with Gasteiger partial charge < -0.3 is 14.6 Å². The fourth-order valence-corrected chi connectivity index (χ4v) is 3.53. The molecule has 3 rings (SSSR count). The molecule has 0 aromatic heterocycles. The molecule has 128 valence electrons. The lowest BCUT2D eigenvalue weighted by molar-refractivity contribution is 0.0338. The SMILES string of the molecule is COc1cccc(C(O)C2c3ccc(OC)cc3CC(C)N2C)c1. The summed E-state index contributed by atoms with van der Waals surface area (Å²) in [4.78, 5) is 2.25. The van der Waals surface area contributed by atoms with Crippen molar-refractivity contribution in [1.29, 1.82) is 0 Å². The number of nitrogens with zero attached hydrogens (tertiary/aromatic N) is 1. The van der Waals surface area contributed by atoms with Gasteiger partial charge in [0.15, 0.2) is 0 Å². The van der Waals surface area contributed by atoms with E-state index in [1.165, 1.54) is 5.56 Å². The number of likely N-dealkylation sites (N-methyl/N-ethyl adjacent to an activating group) is 1. The summed E-state index contributed by atoms with van der Waals surface area (Å²) in [6.45, 7) is 2.19. The Balaban J connectivity index is 2.02. The average molecular weight is 327 g/mol. The van der Waals surface area contributed by atoms with E-state index in [0.717, 1.165) is 29.0 Å². The Morgan fingerprint density at radius 2 is 1.79 bits per heavy atom. The molecule has 1 aliphatic heterocycles. The molecule has 3 unspecified atom stereocenters. The molecule has 4 heteroatoms. The number of hydrogen-bond donors (Lipinski definition) is 1. The maximum atomic E-state index is 11.1. The standard InChI is InChI=1S/C20H25NO3/c1-13-10-15-12-17(24-4)8-9-18(15)19(21(13)2)20(22)14-6-5-7-16(11-14)23-3/h5-9,11-13,19-20,22H,10H2,1-4H3. The fraction of sp³-hybridized carbons (Fsp3) is 0.400.